The molecular formula is C14H27N3O3. The van der Waals surface area contributed by atoms with E-state index < -0.39 is 6.04 Å². The quantitative estimate of drug-likeness (QED) is 0.621. The van der Waals surface area contributed by atoms with Gasteiger partial charge in [-0.05, 0) is 31.6 Å². The highest BCUT2D eigenvalue weighted by Crippen LogP contribution is 2.14. The van der Waals surface area contributed by atoms with Gasteiger partial charge in [0.05, 0.1) is 18.7 Å². The van der Waals surface area contributed by atoms with Gasteiger partial charge >= 0.3 is 0 Å². The third-order valence-electron chi connectivity index (χ3n) is 3.51. The Morgan fingerprint density at radius 3 is 2.65 bits per heavy atom. The fourth-order valence-electron chi connectivity index (χ4n) is 2.06. The van der Waals surface area contributed by atoms with E-state index in [9.17, 15) is 9.59 Å². The van der Waals surface area contributed by atoms with Crippen LogP contribution in [0, 0.1) is 5.92 Å². The molecule has 116 valence electrons. The van der Waals surface area contributed by atoms with Gasteiger partial charge in [0.2, 0.25) is 11.8 Å². The molecule has 0 aromatic carbocycles. The highest BCUT2D eigenvalue weighted by molar-refractivity contribution is 5.87. The molecule has 1 fully saturated rings. The lowest BCUT2D eigenvalue weighted by atomic mass is 10.1. The van der Waals surface area contributed by atoms with Crippen molar-refractivity contribution in [1.29, 1.82) is 0 Å². The lowest BCUT2D eigenvalue weighted by Crippen LogP contribution is -2.47. The summed E-state index contributed by atoms with van der Waals surface area (Å²) in [6.07, 6.45) is 4.47. The smallest absolute Gasteiger partial charge is 0.239 e. The number of rotatable bonds is 7. The molecule has 0 aromatic heterocycles. The summed E-state index contributed by atoms with van der Waals surface area (Å²) in [5, 5.41) is 5.32. The van der Waals surface area contributed by atoms with Crippen LogP contribution in [0.1, 0.15) is 39.5 Å². The summed E-state index contributed by atoms with van der Waals surface area (Å²) in [5.41, 5.74) is 5.68. The zero-order valence-electron chi connectivity index (χ0n) is 12.5. The van der Waals surface area contributed by atoms with Crippen LogP contribution in [0.5, 0.6) is 0 Å². The van der Waals surface area contributed by atoms with Gasteiger partial charge in [0.25, 0.3) is 0 Å². The normalized spacial score (nSPS) is 20.5. The molecule has 0 spiro atoms. The van der Waals surface area contributed by atoms with Crippen molar-refractivity contribution < 1.29 is 14.3 Å². The zero-order chi connectivity index (χ0) is 15.0. The third kappa shape index (κ3) is 6.34. The minimum Gasteiger partial charge on any atom is -0.378 e. The number of carbonyl (C=O) groups is 2. The van der Waals surface area contributed by atoms with Crippen molar-refractivity contribution in [3.8, 4) is 0 Å². The fraction of sp³-hybridized carbons (Fsp3) is 0.857. The molecular weight excluding hydrogens is 258 g/mol. The van der Waals surface area contributed by atoms with Crippen LogP contribution >= 0.6 is 0 Å². The van der Waals surface area contributed by atoms with Crippen LogP contribution in [-0.2, 0) is 14.3 Å². The molecule has 2 atom stereocenters. The van der Waals surface area contributed by atoms with Crippen molar-refractivity contribution in [2.45, 2.75) is 51.7 Å². The van der Waals surface area contributed by atoms with Crippen LogP contribution in [0.3, 0.4) is 0 Å². The largest absolute Gasteiger partial charge is 0.378 e. The van der Waals surface area contributed by atoms with E-state index in [1.54, 1.807) is 0 Å². The van der Waals surface area contributed by atoms with Crippen molar-refractivity contribution in [2.24, 2.45) is 11.7 Å². The Kier molecular flexibility index (Phi) is 7.54. The Bertz CT molecular complexity index is 315. The highest BCUT2D eigenvalue weighted by atomic mass is 16.5. The molecule has 0 aliphatic carbocycles. The lowest BCUT2D eigenvalue weighted by Gasteiger charge is -2.22. The maximum absolute atomic E-state index is 11.6. The Balaban J connectivity index is 2.09. The summed E-state index contributed by atoms with van der Waals surface area (Å²) in [6, 6.07) is -0.571. The Morgan fingerprint density at radius 2 is 2.05 bits per heavy atom. The number of nitrogens with one attached hydrogen (secondary N) is 2. The minimum atomic E-state index is -0.571. The first-order chi connectivity index (χ1) is 9.50. The van der Waals surface area contributed by atoms with E-state index in [-0.39, 0.29) is 30.4 Å². The van der Waals surface area contributed by atoms with E-state index in [4.69, 9.17) is 10.5 Å². The average molecular weight is 285 g/mol. The maximum atomic E-state index is 11.6. The first kappa shape index (κ1) is 16.9. The second-order valence-electron chi connectivity index (χ2n) is 5.61. The Labute approximate surface area is 120 Å². The minimum absolute atomic E-state index is 0.0230. The summed E-state index contributed by atoms with van der Waals surface area (Å²) in [4.78, 5) is 23.1. The topological polar surface area (TPSA) is 93.5 Å². The van der Waals surface area contributed by atoms with Crippen LogP contribution in [-0.4, -0.2) is 43.7 Å². The van der Waals surface area contributed by atoms with Crippen molar-refractivity contribution in [3.63, 3.8) is 0 Å². The molecule has 1 heterocycles. The standard InChI is InChI=1S/C14H27N3O3/c1-10(2)13(15)14(19)17-9-12(18)16-7-6-11-5-3-4-8-20-11/h10-11,13H,3-9,15H2,1-2H3,(H,16,18)(H,17,19)/t11?,13-/m0/s1. The summed E-state index contributed by atoms with van der Waals surface area (Å²) < 4.78 is 5.58. The number of hydrogen-bond donors (Lipinski definition) is 3. The molecule has 20 heavy (non-hydrogen) atoms. The Hall–Kier alpha value is -1.14. The molecule has 6 nitrogen and oxygen atoms in total. The van der Waals surface area contributed by atoms with E-state index in [1.807, 2.05) is 13.8 Å². The zero-order valence-corrected chi connectivity index (χ0v) is 12.5. The average Bonchev–Trinajstić information content (AvgIpc) is 2.45. The second kappa shape index (κ2) is 8.92. The van der Waals surface area contributed by atoms with Gasteiger partial charge in [0.15, 0.2) is 0 Å². The summed E-state index contributed by atoms with van der Waals surface area (Å²) in [5.74, 6) is -0.419. The van der Waals surface area contributed by atoms with Crippen molar-refractivity contribution >= 4 is 11.8 Å². The second-order valence-corrected chi connectivity index (χ2v) is 5.61. The van der Waals surface area contributed by atoms with Gasteiger partial charge in [0, 0.05) is 13.2 Å². The lowest BCUT2D eigenvalue weighted by molar-refractivity contribution is -0.127. The van der Waals surface area contributed by atoms with Crippen LogP contribution in [0.4, 0.5) is 0 Å². The van der Waals surface area contributed by atoms with E-state index >= 15 is 0 Å². The van der Waals surface area contributed by atoms with Crippen LogP contribution in [0.25, 0.3) is 0 Å². The first-order valence-corrected chi connectivity index (χ1v) is 7.42. The molecule has 4 N–H and O–H groups in total. The molecule has 0 aromatic rings. The molecule has 1 rings (SSSR count). The fourth-order valence-corrected chi connectivity index (χ4v) is 2.06. The Morgan fingerprint density at radius 1 is 1.30 bits per heavy atom. The summed E-state index contributed by atoms with van der Waals surface area (Å²) in [7, 11) is 0. The number of hydrogen-bond acceptors (Lipinski definition) is 4. The molecule has 1 unspecified atom stereocenters. The van der Waals surface area contributed by atoms with E-state index in [2.05, 4.69) is 10.6 Å². The van der Waals surface area contributed by atoms with Gasteiger partial charge < -0.3 is 21.1 Å². The molecule has 6 heteroatoms. The van der Waals surface area contributed by atoms with E-state index in [0.29, 0.717) is 6.54 Å². The summed E-state index contributed by atoms with van der Waals surface area (Å²) >= 11 is 0. The van der Waals surface area contributed by atoms with Crippen molar-refractivity contribution in [1.82, 2.24) is 10.6 Å². The maximum Gasteiger partial charge on any atom is 0.239 e. The van der Waals surface area contributed by atoms with Gasteiger partial charge in [-0.25, -0.2) is 0 Å². The first-order valence-electron chi connectivity index (χ1n) is 7.42. The molecule has 1 aliphatic rings. The summed E-state index contributed by atoms with van der Waals surface area (Å²) in [6.45, 7) is 5.12. The molecule has 0 bridgehead atoms. The number of carbonyl (C=O) groups excluding carboxylic acids is 2. The molecule has 0 saturated carbocycles. The van der Waals surface area contributed by atoms with Gasteiger partial charge in [-0.1, -0.05) is 13.8 Å². The van der Waals surface area contributed by atoms with Crippen LogP contribution < -0.4 is 16.4 Å². The predicted molar refractivity (Wildman–Crippen MR) is 77.0 cm³/mol. The molecule has 2 amide bonds. The number of amides is 2. The van der Waals surface area contributed by atoms with Gasteiger partial charge in [0.1, 0.15) is 0 Å². The van der Waals surface area contributed by atoms with Crippen molar-refractivity contribution in [3.05, 3.63) is 0 Å². The molecule has 1 aliphatic heterocycles. The molecule has 0 radical (unpaired) electrons. The SMILES string of the molecule is CC(C)[C@H](N)C(=O)NCC(=O)NCCC1CCCCO1. The van der Waals surface area contributed by atoms with Crippen LogP contribution in [0.2, 0.25) is 0 Å². The number of ether oxygens (including phenoxy) is 1. The van der Waals surface area contributed by atoms with Crippen molar-refractivity contribution in [2.75, 3.05) is 19.7 Å². The van der Waals surface area contributed by atoms with E-state index in [1.165, 1.54) is 6.42 Å². The van der Waals surface area contributed by atoms with Gasteiger partial charge in [-0.2, -0.15) is 0 Å². The molecule has 1 saturated heterocycles. The van der Waals surface area contributed by atoms with E-state index in [0.717, 1.165) is 25.9 Å². The van der Waals surface area contributed by atoms with Gasteiger partial charge in [-0.3, -0.25) is 9.59 Å². The number of nitrogens with two attached hydrogens (primary N) is 1. The predicted octanol–water partition coefficient (Wildman–Crippen LogP) is 0.161. The monoisotopic (exact) mass is 285 g/mol. The highest BCUT2D eigenvalue weighted by Gasteiger charge is 2.18. The van der Waals surface area contributed by atoms with Crippen LogP contribution in [0.15, 0.2) is 0 Å². The third-order valence-corrected chi connectivity index (χ3v) is 3.51. The van der Waals surface area contributed by atoms with Gasteiger partial charge in [-0.15, -0.1) is 0 Å².